The van der Waals surface area contributed by atoms with E-state index in [0.717, 1.165) is 5.56 Å². The maximum Gasteiger partial charge on any atom is 0.264 e. The molecule has 2 aromatic carbocycles. The average molecular weight is 341 g/mol. The van der Waals surface area contributed by atoms with E-state index in [9.17, 15) is 10.1 Å². The molecule has 1 amide bonds. The van der Waals surface area contributed by atoms with Crippen molar-refractivity contribution < 1.29 is 9.53 Å². The van der Waals surface area contributed by atoms with E-state index < -0.39 is 0 Å². The Bertz CT molecular complexity index is 807. The number of carbonyl (C=O) groups is 1. The van der Waals surface area contributed by atoms with Crippen LogP contribution in [0.1, 0.15) is 11.1 Å². The van der Waals surface area contributed by atoms with E-state index in [1.165, 1.54) is 11.0 Å². The molecule has 0 heterocycles. The summed E-state index contributed by atoms with van der Waals surface area (Å²) in [6.45, 7) is 0.300. The average Bonchev–Trinajstić information content (AvgIpc) is 2.59. The second-order valence-electron chi connectivity index (χ2n) is 5.29. The second kappa shape index (κ2) is 8.19. The number of benzene rings is 2. The van der Waals surface area contributed by atoms with Gasteiger partial charge >= 0.3 is 0 Å². The van der Waals surface area contributed by atoms with E-state index in [1.54, 1.807) is 32.3 Å². The third kappa shape index (κ3) is 4.37. The van der Waals surface area contributed by atoms with Crippen molar-refractivity contribution in [1.29, 1.82) is 5.26 Å². The first-order chi connectivity index (χ1) is 11.5. The molecule has 122 valence electrons. The summed E-state index contributed by atoms with van der Waals surface area (Å²) in [5.41, 5.74) is 1.58. The topological polar surface area (TPSA) is 53.3 Å². The van der Waals surface area contributed by atoms with E-state index >= 15 is 0 Å². The number of carbonyl (C=O) groups excluding carboxylic acids is 1. The molecular formula is C19H17ClN2O2. The zero-order chi connectivity index (χ0) is 17.5. The van der Waals surface area contributed by atoms with Gasteiger partial charge in [-0.05, 0) is 18.2 Å². The largest absolute Gasteiger partial charge is 0.488 e. The van der Waals surface area contributed by atoms with Gasteiger partial charge in [-0.3, -0.25) is 4.79 Å². The minimum Gasteiger partial charge on any atom is -0.488 e. The zero-order valence-electron chi connectivity index (χ0n) is 13.5. The van der Waals surface area contributed by atoms with Gasteiger partial charge in [-0.15, -0.1) is 0 Å². The highest BCUT2D eigenvalue weighted by atomic mass is 35.5. The fourth-order valence-corrected chi connectivity index (χ4v) is 2.23. The van der Waals surface area contributed by atoms with Crippen LogP contribution in [0.15, 0.2) is 54.1 Å². The lowest BCUT2D eigenvalue weighted by Gasteiger charge is -2.12. The molecule has 0 saturated carbocycles. The van der Waals surface area contributed by atoms with Gasteiger partial charge in [-0.2, -0.15) is 5.26 Å². The van der Waals surface area contributed by atoms with Crippen molar-refractivity contribution >= 4 is 23.6 Å². The van der Waals surface area contributed by atoms with Crippen LogP contribution in [0.2, 0.25) is 5.02 Å². The summed E-state index contributed by atoms with van der Waals surface area (Å²) in [6.07, 6.45) is 1.53. The van der Waals surface area contributed by atoms with Crippen molar-refractivity contribution in [1.82, 2.24) is 4.90 Å². The molecule has 0 bridgehead atoms. The van der Waals surface area contributed by atoms with Crippen LogP contribution in [0, 0.1) is 11.3 Å². The molecule has 5 heteroatoms. The van der Waals surface area contributed by atoms with Crippen LogP contribution in [-0.4, -0.2) is 24.9 Å². The van der Waals surface area contributed by atoms with Crippen LogP contribution in [0.3, 0.4) is 0 Å². The molecule has 0 aliphatic heterocycles. The molecular weight excluding hydrogens is 324 g/mol. The molecule has 0 saturated heterocycles. The maximum atomic E-state index is 12.0. The highest BCUT2D eigenvalue weighted by Gasteiger charge is 2.12. The molecule has 2 aromatic rings. The van der Waals surface area contributed by atoms with Crippen molar-refractivity contribution in [2.45, 2.75) is 6.61 Å². The number of rotatable bonds is 5. The van der Waals surface area contributed by atoms with Gasteiger partial charge < -0.3 is 9.64 Å². The lowest BCUT2D eigenvalue weighted by molar-refractivity contribution is -0.124. The highest BCUT2D eigenvalue weighted by molar-refractivity contribution is 6.31. The summed E-state index contributed by atoms with van der Waals surface area (Å²) in [5, 5.41) is 9.85. The standard InChI is InChI=1S/C19H17ClN2O2/c1-22(2)19(23)16(12-21)11-14-7-4-6-10-18(14)24-13-15-8-3-5-9-17(15)20/h3-11H,13H2,1-2H3/b16-11-. The molecule has 0 fully saturated rings. The van der Waals surface area contributed by atoms with Gasteiger partial charge in [0, 0.05) is 30.2 Å². The van der Waals surface area contributed by atoms with Gasteiger partial charge in [-0.25, -0.2) is 0 Å². The Balaban J connectivity index is 2.26. The van der Waals surface area contributed by atoms with Gasteiger partial charge in [0.1, 0.15) is 24.0 Å². The van der Waals surface area contributed by atoms with Crippen LogP contribution in [-0.2, 0) is 11.4 Å². The van der Waals surface area contributed by atoms with Crippen molar-refractivity contribution in [3.8, 4) is 11.8 Å². The van der Waals surface area contributed by atoms with E-state index in [0.29, 0.717) is 22.9 Å². The number of ether oxygens (including phenoxy) is 1. The summed E-state index contributed by atoms with van der Waals surface area (Å²) in [5.74, 6) is 0.232. The lowest BCUT2D eigenvalue weighted by Crippen LogP contribution is -2.22. The quantitative estimate of drug-likeness (QED) is 0.612. The number of amides is 1. The second-order valence-corrected chi connectivity index (χ2v) is 5.69. The molecule has 0 aromatic heterocycles. The van der Waals surface area contributed by atoms with Crippen LogP contribution in [0.25, 0.3) is 6.08 Å². The normalized spacial score (nSPS) is 10.8. The molecule has 2 rings (SSSR count). The number of nitrogens with zero attached hydrogens (tertiary/aromatic N) is 2. The Morgan fingerprint density at radius 2 is 1.88 bits per heavy atom. The van der Waals surface area contributed by atoms with Crippen LogP contribution in [0.4, 0.5) is 0 Å². The lowest BCUT2D eigenvalue weighted by atomic mass is 10.1. The number of likely N-dealkylation sites (N-methyl/N-ethyl adjacent to an activating group) is 1. The summed E-state index contributed by atoms with van der Waals surface area (Å²) < 4.78 is 5.83. The Morgan fingerprint density at radius 1 is 1.21 bits per heavy atom. The third-order valence-electron chi connectivity index (χ3n) is 3.32. The molecule has 0 unspecified atom stereocenters. The first-order valence-electron chi connectivity index (χ1n) is 7.31. The van der Waals surface area contributed by atoms with Crippen LogP contribution in [0.5, 0.6) is 5.75 Å². The fourth-order valence-electron chi connectivity index (χ4n) is 2.04. The summed E-state index contributed by atoms with van der Waals surface area (Å²) in [7, 11) is 3.21. The smallest absolute Gasteiger partial charge is 0.264 e. The molecule has 0 aliphatic carbocycles. The monoisotopic (exact) mass is 340 g/mol. The Labute approximate surface area is 146 Å². The van der Waals surface area contributed by atoms with Gasteiger partial charge in [0.25, 0.3) is 5.91 Å². The SMILES string of the molecule is CN(C)C(=O)/C(C#N)=C\c1ccccc1OCc1ccccc1Cl. The van der Waals surface area contributed by atoms with Crippen molar-refractivity contribution in [2.75, 3.05) is 14.1 Å². The Morgan fingerprint density at radius 3 is 2.54 bits per heavy atom. The number of halogens is 1. The van der Waals surface area contributed by atoms with Gasteiger partial charge in [0.05, 0.1) is 0 Å². The molecule has 0 aliphatic rings. The highest BCUT2D eigenvalue weighted by Crippen LogP contribution is 2.24. The molecule has 4 nitrogen and oxygen atoms in total. The molecule has 24 heavy (non-hydrogen) atoms. The first-order valence-corrected chi connectivity index (χ1v) is 7.69. The summed E-state index contributed by atoms with van der Waals surface area (Å²) in [4.78, 5) is 13.4. The number of para-hydroxylation sites is 1. The fraction of sp³-hybridized carbons (Fsp3) is 0.158. The van der Waals surface area contributed by atoms with Gasteiger partial charge in [-0.1, -0.05) is 48.0 Å². The van der Waals surface area contributed by atoms with Gasteiger partial charge in [0.2, 0.25) is 0 Å². The van der Waals surface area contributed by atoms with Crippen LogP contribution >= 0.6 is 11.6 Å². The predicted molar refractivity (Wildman–Crippen MR) is 94.5 cm³/mol. The third-order valence-corrected chi connectivity index (χ3v) is 3.69. The molecule has 0 N–H and O–H groups in total. The van der Waals surface area contributed by atoms with E-state index in [-0.39, 0.29) is 11.5 Å². The number of hydrogen-bond donors (Lipinski definition) is 0. The van der Waals surface area contributed by atoms with E-state index in [4.69, 9.17) is 16.3 Å². The van der Waals surface area contributed by atoms with Gasteiger partial charge in [0.15, 0.2) is 0 Å². The minimum absolute atomic E-state index is 0.0498. The molecule has 0 atom stereocenters. The van der Waals surface area contributed by atoms with E-state index in [2.05, 4.69) is 0 Å². The van der Waals surface area contributed by atoms with Crippen molar-refractivity contribution in [3.63, 3.8) is 0 Å². The summed E-state index contributed by atoms with van der Waals surface area (Å²) >= 11 is 6.13. The minimum atomic E-state index is -0.349. The predicted octanol–water partition coefficient (Wildman–Crippen LogP) is 3.91. The Kier molecular flexibility index (Phi) is 6.00. The number of hydrogen-bond acceptors (Lipinski definition) is 3. The van der Waals surface area contributed by atoms with Crippen LogP contribution < -0.4 is 4.74 Å². The maximum absolute atomic E-state index is 12.0. The Hall–Kier alpha value is -2.77. The molecule has 0 radical (unpaired) electrons. The summed E-state index contributed by atoms with van der Waals surface area (Å²) in [6, 6.07) is 16.6. The number of nitriles is 1. The first kappa shape index (κ1) is 17.6. The van der Waals surface area contributed by atoms with Crippen molar-refractivity contribution in [2.24, 2.45) is 0 Å². The van der Waals surface area contributed by atoms with Crippen molar-refractivity contribution in [3.05, 3.63) is 70.3 Å². The zero-order valence-corrected chi connectivity index (χ0v) is 14.2. The van der Waals surface area contributed by atoms with E-state index in [1.807, 2.05) is 36.4 Å². The molecule has 0 spiro atoms.